The van der Waals surface area contributed by atoms with Crippen molar-refractivity contribution in [1.82, 2.24) is 5.32 Å². The van der Waals surface area contributed by atoms with Crippen molar-refractivity contribution in [3.63, 3.8) is 0 Å². The van der Waals surface area contributed by atoms with Gasteiger partial charge < -0.3 is 5.32 Å². The summed E-state index contributed by atoms with van der Waals surface area (Å²) in [5, 5.41) is 4.35. The van der Waals surface area contributed by atoms with Gasteiger partial charge in [-0.25, -0.2) is 8.42 Å². The number of rotatable bonds is 7. The van der Waals surface area contributed by atoms with E-state index in [4.69, 9.17) is 10.7 Å². The summed E-state index contributed by atoms with van der Waals surface area (Å²) in [7, 11) is 1.47. The van der Waals surface area contributed by atoms with Crippen LogP contribution in [0.25, 0.3) is 0 Å². The van der Waals surface area contributed by atoms with Crippen LogP contribution in [0.15, 0.2) is 15.7 Å². The van der Waals surface area contributed by atoms with Crippen LogP contribution in [0, 0.1) is 0 Å². The molecular weight excluding hydrogens is 306 g/mol. The SMILES string of the molecule is CCCCCC(C)NC(=O)c1csc(S(=O)(=O)Cl)c1. The minimum absolute atomic E-state index is 0.00190. The van der Waals surface area contributed by atoms with Gasteiger partial charge in [0, 0.05) is 22.1 Å². The number of nitrogens with one attached hydrogen (secondary N) is 1. The molecule has 1 aromatic heterocycles. The van der Waals surface area contributed by atoms with Crippen molar-refractivity contribution in [2.45, 2.75) is 49.8 Å². The highest BCUT2D eigenvalue weighted by atomic mass is 35.7. The van der Waals surface area contributed by atoms with Gasteiger partial charge in [0.25, 0.3) is 15.0 Å². The third-order valence-electron chi connectivity index (χ3n) is 2.70. The fourth-order valence-corrected chi connectivity index (χ4v) is 3.59. The van der Waals surface area contributed by atoms with Crippen molar-refractivity contribution in [2.75, 3.05) is 0 Å². The lowest BCUT2D eigenvalue weighted by molar-refractivity contribution is 0.0938. The Morgan fingerprint density at radius 3 is 2.68 bits per heavy atom. The number of hydrogen-bond acceptors (Lipinski definition) is 4. The molecule has 1 aromatic rings. The Morgan fingerprint density at radius 1 is 1.47 bits per heavy atom. The molecule has 108 valence electrons. The summed E-state index contributed by atoms with van der Waals surface area (Å²) in [6.45, 7) is 4.07. The van der Waals surface area contributed by atoms with E-state index in [2.05, 4.69) is 12.2 Å². The van der Waals surface area contributed by atoms with Gasteiger partial charge >= 0.3 is 0 Å². The zero-order valence-corrected chi connectivity index (χ0v) is 13.4. The second-order valence-electron chi connectivity index (χ2n) is 4.46. The molecule has 0 radical (unpaired) electrons. The lowest BCUT2D eigenvalue weighted by Crippen LogP contribution is -2.32. The standard InChI is InChI=1S/C12H18ClNO3S2/c1-3-4-5-6-9(2)14-12(15)10-7-11(18-8-10)19(13,16)17/h7-9H,3-6H2,1-2H3,(H,14,15). The number of thiophene rings is 1. The summed E-state index contributed by atoms with van der Waals surface area (Å²) in [5.74, 6) is -0.258. The van der Waals surface area contributed by atoms with E-state index in [9.17, 15) is 13.2 Å². The summed E-state index contributed by atoms with van der Waals surface area (Å²) < 4.78 is 22.2. The summed E-state index contributed by atoms with van der Waals surface area (Å²) in [5.41, 5.74) is 0.339. The number of carbonyl (C=O) groups excluding carboxylic acids is 1. The molecule has 1 rings (SSSR count). The molecule has 1 N–H and O–H groups in total. The summed E-state index contributed by atoms with van der Waals surface area (Å²) in [6.07, 6.45) is 4.28. The van der Waals surface area contributed by atoms with Crippen LogP contribution < -0.4 is 5.32 Å². The molecule has 4 nitrogen and oxygen atoms in total. The number of carbonyl (C=O) groups is 1. The Bertz CT molecular complexity index is 525. The second kappa shape index (κ2) is 7.26. The van der Waals surface area contributed by atoms with Gasteiger partial charge in [-0.2, -0.15) is 0 Å². The highest BCUT2D eigenvalue weighted by Crippen LogP contribution is 2.23. The van der Waals surface area contributed by atoms with Crippen LogP contribution in [0.4, 0.5) is 0 Å². The predicted molar refractivity (Wildman–Crippen MR) is 78.4 cm³/mol. The normalized spacial score (nSPS) is 13.2. The van der Waals surface area contributed by atoms with Gasteiger partial charge in [-0.1, -0.05) is 26.2 Å². The first-order chi connectivity index (χ1) is 8.84. The van der Waals surface area contributed by atoms with Gasteiger partial charge in [-0.05, 0) is 19.4 Å². The number of amides is 1. The summed E-state index contributed by atoms with van der Waals surface area (Å²) in [6, 6.07) is 1.39. The van der Waals surface area contributed by atoms with Gasteiger partial charge in [-0.3, -0.25) is 4.79 Å². The topological polar surface area (TPSA) is 63.2 Å². The minimum Gasteiger partial charge on any atom is -0.350 e. The largest absolute Gasteiger partial charge is 0.350 e. The van der Waals surface area contributed by atoms with E-state index < -0.39 is 9.05 Å². The van der Waals surface area contributed by atoms with Crippen molar-refractivity contribution >= 4 is 37.0 Å². The summed E-state index contributed by atoms with van der Waals surface area (Å²) in [4.78, 5) is 11.9. The zero-order valence-electron chi connectivity index (χ0n) is 11.0. The smallest absolute Gasteiger partial charge is 0.270 e. The average Bonchev–Trinajstić information content (AvgIpc) is 2.78. The van der Waals surface area contributed by atoms with E-state index >= 15 is 0 Å². The fraction of sp³-hybridized carbons (Fsp3) is 0.583. The van der Waals surface area contributed by atoms with E-state index in [1.54, 1.807) is 0 Å². The molecule has 1 atom stereocenters. The van der Waals surface area contributed by atoms with E-state index in [0.29, 0.717) is 5.56 Å². The minimum atomic E-state index is -3.75. The Labute approximate surface area is 122 Å². The average molecular weight is 324 g/mol. The van der Waals surface area contributed by atoms with Crippen LogP contribution in [0.3, 0.4) is 0 Å². The molecule has 1 heterocycles. The molecular formula is C12H18ClNO3S2. The lowest BCUT2D eigenvalue weighted by atomic mass is 10.1. The third-order valence-corrected chi connectivity index (χ3v) is 5.74. The van der Waals surface area contributed by atoms with Crippen molar-refractivity contribution in [3.05, 3.63) is 17.0 Å². The van der Waals surface area contributed by atoms with Gasteiger partial charge in [0.05, 0.1) is 5.56 Å². The predicted octanol–water partition coefficient (Wildman–Crippen LogP) is 3.37. The van der Waals surface area contributed by atoms with E-state index in [1.165, 1.54) is 11.4 Å². The molecule has 19 heavy (non-hydrogen) atoms. The van der Waals surface area contributed by atoms with Crippen LogP contribution in [-0.4, -0.2) is 20.4 Å². The molecule has 1 unspecified atom stereocenters. The van der Waals surface area contributed by atoms with Crippen LogP contribution in [0.5, 0.6) is 0 Å². The molecule has 0 spiro atoms. The first kappa shape index (κ1) is 16.5. The Kier molecular flexibility index (Phi) is 6.29. The van der Waals surface area contributed by atoms with Gasteiger partial charge in [0.2, 0.25) is 0 Å². The molecule has 0 aliphatic rings. The van der Waals surface area contributed by atoms with Gasteiger partial charge in [0.1, 0.15) is 4.21 Å². The highest BCUT2D eigenvalue weighted by Gasteiger charge is 2.17. The zero-order chi connectivity index (χ0) is 14.5. The molecule has 1 amide bonds. The molecule has 0 saturated heterocycles. The molecule has 0 aliphatic carbocycles. The second-order valence-corrected chi connectivity index (χ2v) is 8.17. The fourth-order valence-electron chi connectivity index (χ4n) is 1.64. The summed E-state index contributed by atoms with van der Waals surface area (Å²) >= 11 is 0.953. The van der Waals surface area contributed by atoms with E-state index in [-0.39, 0.29) is 16.2 Å². The van der Waals surface area contributed by atoms with Crippen LogP contribution in [0.1, 0.15) is 49.9 Å². The lowest BCUT2D eigenvalue weighted by Gasteiger charge is -2.12. The van der Waals surface area contributed by atoms with E-state index in [0.717, 1.165) is 37.0 Å². The van der Waals surface area contributed by atoms with Gasteiger partial charge in [0.15, 0.2) is 0 Å². The number of halogens is 1. The molecule has 7 heteroatoms. The molecule has 0 aromatic carbocycles. The first-order valence-electron chi connectivity index (χ1n) is 6.18. The van der Waals surface area contributed by atoms with Crippen molar-refractivity contribution in [3.8, 4) is 0 Å². The first-order valence-corrected chi connectivity index (χ1v) is 9.37. The van der Waals surface area contributed by atoms with Crippen LogP contribution in [-0.2, 0) is 9.05 Å². The monoisotopic (exact) mass is 323 g/mol. The maximum absolute atomic E-state index is 11.9. The molecule has 0 saturated carbocycles. The van der Waals surface area contributed by atoms with E-state index in [1.807, 2.05) is 6.92 Å². The van der Waals surface area contributed by atoms with Crippen LogP contribution in [0.2, 0.25) is 0 Å². The highest BCUT2D eigenvalue weighted by molar-refractivity contribution is 8.15. The van der Waals surface area contributed by atoms with Crippen molar-refractivity contribution in [1.29, 1.82) is 0 Å². The Morgan fingerprint density at radius 2 is 2.16 bits per heavy atom. The maximum Gasteiger partial charge on any atom is 0.270 e. The molecule has 0 bridgehead atoms. The Hall–Kier alpha value is -0.590. The third kappa shape index (κ3) is 5.50. The van der Waals surface area contributed by atoms with Crippen molar-refractivity contribution < 1.29 is 13.2 Å². The maximum atomic E-state index is 11.9. The quantitative estimate of drug-likeness (QED) is 0.618. The number of unbranched alkanes of at least 4 members (excludes halogenated alkanes) is 2. The van der Waals surface area contributed by atoms with Crippen molar-refractivity contribution in [2.24, 2.45) is 0 Å². The number of hydrogen-bond donors (Lipinski definition) is 1. The van der Waals surface area contributed by atoms with Gasteiger partial charge in [-0.15, -0.1) is 11.3 Å². The Balaban J connectivity index is 2.56. The molecule has 0 fully saturated rings. The molecule has 0 aliphatic heterocycles. The van der Waals surface area contributed by atoms with Crippen LogP contribution >= 0.6 is 22.0 Å².